The van der Waals surface area contributed by atoms with Crippen LogP contribution < -0.4 is 5.73 Å². The largest absolute Gasteiger partial charge is 0.369 e. The summed E-state index contributed by atoms with van der Waals surface area (Å²) in [6.07, 6.45) is 46.8. The normalized spacial score (nSPS) is 13.0. The zero-order valence-electron chi connectivity index (χ0n) is 31.1. The molecule has 0 spiro atoms. The number of rotatable bonds is 37. The first-order valence-corrected chi connectivity index (χ1v) is 20.5. The number of allylic oxidation sites excluding steroid dienone is 2. The molecule has 0 rings (SSSR count). The minimum Gasteiger partial charge on any atom is -0.369 e. The third kappa shape index (κ3) is 26.6. The highest BCUT2D eigenvalue weighted by atomic mass is 16.2. The summed E-state index contributed by atoms with van der Waals surface area (Å²) >= 11 is 0. The van der Waals surface area contributed by atoms with Crippen LogP contribution >= 0.6 is 0 Å². The minimum atomic E-state index is -0.932. The van der Waals surface area contributed by atoms with E-state index in [1.165, 1.54) is 173 Å². The van der Waals surface area contributed by atoms with Gasteiger partial charge in [-0.25, -0.2) is 0 Å². The maximum absolute atomic E-state index is 13.2. The van der Waals surface area contributed by atoms with E-state index >= 15 is 0 Å². The van der Waals surface area contributed by atoms with Crippen LogP contribution in [0.1, 0.15) is 239 Å². The molecule has 0 bridgehead atoms. The minimum absolute atomic E-state index is 0.105. The number of primary amides is 1. The first kappa shape index (κ1) is 43.9. The zero-order chi connectivity index (χ0) is 33.1. The van der Waals surface area contributed by atoms with Crippen molar-refractivity contribution >= 4 is 11.7 Å². The second kappa shape index (κ2) is 34.2. The summed E-state index contributed by atoms with van der Waals surface area (Å²) in [6, 6.07) is 0. The average molecular weight is 632 g/mol. The molecule has 1 unspecified atom stereocenters. The van der Waals surface area contributed by atoms with Gasteiger partial charge in [-0.05, 0) is 44.9 Å². The fraction of sp³-hybridized carbons (Fsp3) is 0.905. The van der Waals surface area contributed by atoms with Gasteiger partial charge in [0, 0.05) is 6.42 Å². The molecule has 2 N–H and O–H groups in total. The molecular weight excluding hydrogens is 550 g/mol. The summed E-state index contributed by atoms with van der Waals surface area (Å²) in [5, 5.41) is 0. The van der Waals surface area contributed by atoms with Crippen LogP contribution in [0.25, 0.3) is 0 Å². The number of carbonyl (C=O) groups excluding carboxylic acids is 2. The van der Waals surface area contributed by atoms with Crippen LogP contribution in [0.15, 0.2) is 12.2 Å². The van der Waals surface area contributed by atoms with E-state index < -0.39 is 11.3 Å². The van der Waals surface area contributed by atoms with Crippen molar-refractivity contribution in [3.8, 4) is 0 Å². The van der Waals surface area contributed by atoms with E-state index in [-0.39, 0.29) is 5.78 Å². The summed E-state index contributed by atoms with van der Waals surface area (Å²) in [5.41, 5.74) is 4.92. The van der Waals surface area contributed by atoms with E-state index in [2.05, 4.69) is 26.0 Å². The Morgan fingerprint density at radius 1 is 0.444 bits per heavy atom. The highest BCUT2D eigenvalue weighted by molar-refractivity contribution is 6.05. The van der Waals surface area contributed by atoms with E-state index in [1.54, 1.807) is 0 Å². The van der Waals surface area contributed by atoms with Gasteiger partial charge in [-0.1, -0.05) is 200 Å². The molecule has 266 valence electrons. The molecule has 3 nitrogen and oxygen atoms in total. The highest BCUT2D eigenvalue weighted by Crippen LogP contribution is 2.32. The van der Waals surface area contributed by atoms with Gasteiger partial charge in [0.15, 0.2) is 0 Å². The quantitative estimate of drug-likeness (QED) is 0.0421. The molecule has 0 aliphatic heterocycles. The second-order valence-electron chi connectivity index (χ2n) is 14.3. The van der Waals surface area contributed by atoms with Crippen LogP contribution in [0.2, 0.25) is 0 Å². The lowest BCUT2D eigenvalue weighted by Crippen LogP contribution is -2.43. The molecule has 0 fully saturated rings. The zero-order valence-corrected chi connectivity index (χ0v) is 31.1. The Morgan fingerprint density at radius 3 is 1.09 bits per heavy atom. The Kier molecular flexibility index (Phi) is 33.4. The molecule has 0 heterocycles. The number of carbonyl (C=O) groups is 2. The van der Waals surface area contributed by atoms with Gasteiger partial charge in [0.25, 0.3) is 0 Å². The number of hydrogen-bond acceptors (Lipinski definition) is 2. The van der Waals surface area contributed by atoms with Crippen molar-refractivity contribution in [2.45, 2.75) is 239 Å². The van der Waals surface area contributed by atoms with Crippen LogP contribution in [0.5, 0.6) is 0 Å². The van der Waals surface area contributed by atoms with Crippen molar-refractivity contribution in [2.24, 2.45) is 11.1 Å². The van der Waals surface area contributed by atoms with Gasteiger partial charge in [-0.2, -0.15) is 0 Å². The summed E-state index contributed by atoms with van der Waals surface area (Å²) in [5.74, 6) is -0.287. The lowest BCUT2D eigenvalue weighted by molar-refractivity contribution is -0.141. The van der Waals surface area contributed by atoms with Gasteiger partial charge >= 0.3 is 0 Å². The summed E-state index contributed by atoms with van der Waals surface area (Å²) in [6.45, 7) is 6.53. The Bertz CT molecular complexity index is 672. The Hall–Kier alpha value is -1.12. The van der Waals surface area contributed by atoms with E-state index in [0.717, 1.165) is 25.7 Å². The molecule has 0 aliphatic carbocycles. The smallest absolute Gasteiger partial charge is 0.231 e. The van der Waals surface area contributed by atoms with Gasteiger partial charge in [-0.3, -0.25) is 9.59 Å². The van der Waals surface area contributed by atoms with Crippen LogP contribution in [-0.4, -0.2) is 11.7 Å². The third-order valence-corrected chi connectivity index (χ3v) is 10.2. The lowest BCUT2D eigenvalue weighted by Gasteiger charge is -2.28. The molecule has 0 aliphatic rings. The average Bonchev–Trinajstić information content (AvgIpc) is 3.04. The molecule has 0 radical (unpaired) electrons. The maximum Gasteiger partial charge on any atom is 0.231 e. The van der Waals surface area contributed by atoms with Crippen LogP contribution in [0.3, 0.4) is 0 Å². The summed E-state index contributed by atoms with van der Waals surface area (Å²) in [7, 11) is 0. The molecule has 0 aromatic carbocycles. The molecule has 1 atom stereocenters. The van der Waals surface area contributed by atoms with Crippen molar-refractivity contribution in [3.05, 3.63) is 12.2 Å². The van der Waals surface area contributed by atoms with Crippen molar-refractivity contribution in [2.75, 3.05) is 0 Å². The number of amides is 1. The van der Waals surface area contributed by atoms with Crippen LogP contribution in [-0.2, 0) is 9.59 Å². The number of nitrogens with two attached hydrogens (primary N) is 1. The van der Waals surface area contributed by atoms with Crippen LogP contribution in [0.4, 0.5) is 0 Å². The molecule has 0 aromatic rings. The molecule has 3 heteroatoms. The van der Waals surface area contributed by atoms with Gasteiger partial charge < -0.3 is 5.73 Å². The van der Waals surface area contributed by atoms with Gasteiger partial charge in [0.05, 0.1) is 0 Å². The van der Waals surface area contributed by atoms with Gasteiger partial charge in [0.1, 0.15) is 11.2 Å². The van der Waals surface area contributed by atoms with E-state index in [9.17, 15) is 9.59 Å². The topological polar surface area (TPSA) is 60.2 Å². The molecular formula is C42H81NO2. The van der Waals surface area contributed by atoms with E-state index in [4.69, 9.17) is 5.73 Å². The lowest BCUT2D eigenvalue weighted by atomic mass is 9.74. The predicted molar refractivity (Wildman–Crippen MR) is 200 cm³/mol. The van der Waals surface area contributed by atoms with Crippen molar-refractivity contribution < 1.29 is 9.59 Å². The maximum atomic E-state index is 13.2. The Balaban J connectivity index is 3.80. The number of unbranched alkanes of at least 4 members (excludes halogenated alkanes) is 28. The third-order valence-electron chi connectivity index (χ3n) is 10.2. The molecule has 45 heavy (non-hydrogen) atoms. The fourth-order valence-corrected chi connectivity index (χ4v) is 6.87. The van der Waals surface area contributed by atoms with Gasteiger partial charge in [-0.15, -0.1) is 0 Å². The van der Waals surface area contributed by atoms with Gasteiger partial charge in [0.2, 0.25) is 5.91 Å². The van der Waals surface area contributed by atoms with Crippen molar-refractivity contribution in [1.82, 2.24) is 0 Å². The molecule has 0 saturated carbocycles. The van der Waals surface area contributed by atoms with Crippen LogP contribution in [0, 0.1) is 5.41 Å². The van der Waals surface area contributed by atoms with Crippen molar-refractivity contribution in [1.29, 1.82) is 0 Å². The summed E-state index contributed by atoms with van der Waals surface area (Å²) < 4.78 is 0. The fourth-order valence-electron chi connectivity index (χ4n) is 6.87. The molecule has 0 saturated heterocycles. The van der Waals surface area contributed by atoms with E-state index in [0.29, 0.717) is 19.3 Å². The molecule has 1 amide bonds. The van der Waals surface area contributed by atoms with E-state index in [1.807, 2.05) is 6.92 Å². The Morgan fingerprint density at radius 2 is 0.756 bits per heavy atom. The number of ketones is 1. The SMILES string of the molecule is CCCCCCCC/C=C\CCCCCCCCCCC(CC)(C(N)=O)C(=O)CCCCCCCCCCCCCCCCC. The monoisotopic (exact) mass is 632 g/mol. The number of Topliss-reactive ketones (excluding diaryl/α,β-unsaturated/α-hetero) is 1. The standard InChI is InChI=1S/C42H81NO2/c1-4-7-9-11-13-15-17-19-21-22-23-25-27-29-31-33-35-37-39-42(6-3,41(43)45)40(44)38-36-34-32-30-28-26-24-20-18-16-14-12-10-8-5-2/h19,21H,4-18,20,22-39H2,1-3H3,(H2,43,45)/b21-19-. The second-order valence-corrected chi connectivity index (χ2v) is 14.3. The first-order chi connectivity index (χ1) is 22.0. The summed E-state index contributed by atoms with van der Waals surface area (Å²) in [4.78, 5) is 25.6. The predicted octanol–water partition coefficient (Wildman–Crippen LogP) is 13.9. The first-order valence-electron chi connectivity index (χ1n) is 20.5. The van der Waals surface area contributed by atoms with Crippen molar-refractivity contribution in [3.63, 3.8) is 0 Å². The molecule has 0 aromatic heterocycles. The Labute approximate surface area is 283 Å². The number of hydrogen-bond donors (Lipinski definition) is 1. The highest BCUT2D eigenvalue weighted by Gasteiger charge is 2.40.